The lowest BCUT2D eigenvalue weighted by Gasteiger charge is -2.28. The number of nitrogens with zero attached hydrogens (tertiary/aromatic N) is 4. The zero-order chi connectivity index (χ0) is 21.4. The fourth-order valence-corrected chi connectivity index (χ4v) is 4.32. The van der Waals surface area contributed by atoms with Gasteiger partial charge < -0.3 is 10.6 Å². The molecule has 1 atom stereocenters. The van der Waals surface area contributed by atoms with Gasteiger partial charge in [-0.25, -0.2) is 4.68 Å². The third kappa shape index (κ3) is 3.71. The quantitative estimate of drug-likeness (QED) is 0.459. The molecule has 3 aromatic heterocycles. The average Bonchev–Trinajstić information content (AvgIpc) is 3.44. The van der Waals surface area contributed by atoms with Gasteiger partial charge in [0.1, 0.15) is 6.04 Å². The minimum atomic E-state index is -0.466. The first kappa shape index (κ1) is 19.5. The number of halogens is 1. The van der Waals surface area contributed by atoms with Crippen LogP contribution in [0, 0.1) is 0 Å². The van der Waals surface area contributed by atoms with E-state index in [0.717, 1.165) is 10.4 Å². The van der Waals surface area contributed by atoms with Gasteiger partial charge in [0.05, 0.1) is 22.3 Å². The smallest absolute Gasteiger partial charge is 0.255 e. The number of nitrogens with one attached hydrogen (secondary N) is 2. The van der Waals surface area contributed by atoms with Gasteiger partial charge in [0, 0.05) is 16.9 Å². The molecule has 4 aromatic rings. The molecule has 31 heavy (non-hydrogen) atoms. The minimum absolute atomic E-state index is 0.239. The van der Waals surface area contributed by atoms with Crippen molar-refractivity contribution in [1.29, 1.82) is 0 Å². The summed E-state index contributed by atoms with van der Waals surface area (Å²) in [5.74, 6) is 0.953. The van der Waals surface area contributed by atoms with Crippen LogP contribution in [-0.4, -0.2) is 25.7 Å². The number of amides is 1. The molecule has 0 radical (unpaired) electrons. The number of anilines is 2. The highest BCUT2D eigenvalue weighted by molar-refractivity contribution is 7.13. The van der Waals surface area contributed by atoms with Crippen molar-refractivity contribution in [3.8, 4) is 10.7 Å². The average molecular weight is 449 g/mol. The largest absolute Gasteiger partial charge is 0.328 e. The molecule has 154 valence electrons. The molecule has 7 nitrogen and oxygen atoms in total. The lowest BCUT2D eigenvalue weighted by molar-refractivity contribution is -0.113. The van der Waals surface area contributed by atoms with Crippen LogP contribution < -0.4 is 10.6 Å². The Kier molecular flexibility index (Phi) is 5.01. The molecule has 0 fully saturated rings. The molecule has 0 saturated carbocycles. The van der Waals surface area contributed by atoms with Gasteiger partial charge in [0.15, 0.2) is 5.82 Å². The monoisotopic (exact) mass is 448 g/mol. The van der Waals surface area contributed by atoms with Crippen molar-refractivity contribution >= 4 is 40.5 Å². The molecule has 9 heteroatoms. The fourth-order valence-electron chi connectivity index (χ4n) is 3.54. The molecule has 4 heterocycles. The highest BCUT2D eigenvalue weighted by Gasteiger charge is 2.34. The van der Waals surface area contributed by atoms with Crippen molar-refractivity contribution in [3.05, 3.63) is 88.2 Å². The van der Waals surface area contributed by atoms with Crippen LogP contribution >= 0.6 is 22.9 Å². The summed E-state index contributed by atoms with van der Waals surface area (Å²) in [5.41, 5.74) is 2.75. The molecule has 0 spiro atoms. The summed E-state index contributed by atoms with van der Waals surface area (Å²) in [6.07, 6.45) is 3.27. The third-order valence-corrected chi connectivity index (χ3v) is 6.06. The number of carbonyl (C=O) groups is 1. The number of rotatable bonds is 4. The summed E-state index contributed by atoms with van der Waals surface area (Å²) in [4.78, 5) is 23.0. The van der Waals surface area contributed by atoms with Crippen molar-refractivity contribution in [3.63, 3.8) is 0 Å². The van der Waals surface area contributed by atoms with Gasteiger partial charge in [-0.15, -0.1) is 16.4 Å². The number of fused-ring (bicyclic) bond motifs is 1. The van der Waals surface area contributed by atoms with Crippen molar-refractivity contribution in [1.82, 2.24) is 19.7 Å². The molecule has 0 aliphatic carbocycles. The van der Waals surface area contributed by atoms with Crippen molar-refractivity contribution < 1.29 is 4.79 Å². The first-order valence-corrected chi connectivity index (χ1v) is 10.8. The lowest BCUT2D eigenvalue weighted by atomic mass is 9.95. The standard InChI is InChI=1S/C22H17ClN6OS/c1-13-18(21(30)26-16-4-2-10-24-12-16)19(14-6-8-15(23)9-7-14)29-22(25-13)27-20(28-29)17-5-3-11-31-17/h2-12,19H,1H3,(H,26,30)(H,25,27,28). The van der Waals surface area contributed by atoms with Gasteiger partial charge >= 0.3 is 0 Å². The maximum Gasteiger partial charge on any atom is 0.255 e. The SMILES string of the molecule is CC1=C(C(=O)Nc2cccnc2)C(c2ccc(Cl)cc2)n2nc(-c3cccs3)nc2N1. The molecular formula is C22H17ClN6OS. The van der Waals surface area contributed by atoms with E-state index in [9.17, 15) is 4.79 Å². The molecule has 1 aromatic carbocycles. The Labute approximate surface area is 187 Å². The summed E-state index contributed by atoms with van der Waals surface area (Å²) in [6.45, 7) is 1.87. The second kappa shape index (κ2) is 7.98. The number of aromatic nitrogens is 4. The molecule has 5 rings (SSSR count). The molecule has 0 bridgehead atoms. The Morgan fingerprint density at radius 2 is 2.03 bits per heavy atom. The first-order chi connectivity index (χ1) is 15.1. The van der Waals surface area contributed by atoms with Crippen LogP contribution in [0.2, 0.25) is 5.02 Å². The Bertz CT molecular complexity index is 1270. The number of pyridine rings is 1. The van der Waals surface area contributed by atoms with E-state index >= 15 is 0 Å². The second-order valence-corrected chi connectivity index (χ2v) is 8.38. The molecular weight excluding hydrogens is 432 g/mol. The van der Waals surface area contributed by atoms with E-state index in [0.29, 0.717) is 33.8 Å². The molecule has 1 aliphatic rings. The number of allylic oxidation sites excluding steroid dienone is 1. The lowest BCUT2D eigenvalue weighted by Crippen LogP contribution is -2.31. The summed E-state index contributed by atoms with van der Waals surface area (Å²) in [6, 6.07) is 14.5. The van der Waals surface area contributed by atoms with E-state index in [1.165, 1.54) is 0 Å². The zero-order valence-corrected chi connectivity index (χ0v) is 18.0. The maximum absolute atomic E-state index is 13.4. The van der Waals surface area contributed by atoms with Gasteiger partial charge in [-0.05, 0) is 48.2 Å². The van der Waals surface area contributed by atoms with Crippen LogP contribution in [0.5, 0.6) is 0 Å². The van der Waals surface area contributed by atoms with Crippen LogP contribution in [0.15, 0.2) is 77.6 Å². The fraction of sp³-hybridized carbons (Fsp3) is 0.0909. The Morgan fingerprint density at radius 1 is 1.19 bits per heavy atom. The van der Waals surface area contributed by atoms with Crippen LogP contribution in [0.4, 0.5) is 11.6 Å². The Balaban J connectivity index is 1.60. The topological polar surface area (TPSA) is 84.7 Å². The summed E-state index contributed by atoms with van der Waals surface area (Å²) in [7, 11) is 0. The van der Waals surface area contributed by atoms with E-state index in [1.54, 1.807) is 40.5 Å². The maximum atomic E-state index is 13.4. The summed E-state index contributed by atoms with van der Waals surface area (Å²) in [5, 5.41) is 13.5. The highest BCUT2D eigenvalue weighted by Crippen LogP contribution is 2.37. The molecule has 2 N–H and O–H groups in total. The van der Waals surface area contributed by atoms with Gasteiger partial charge in [-0.2, -0.15) is 4.98 Å². The zero-order valence-electron chi connectivity index (χ0n) is 16.4. The van der Waals surface area contributed by atoms with Crippen LogP contribution in [0.25, 0.3) is 10.7 Å². The molecule has 1 unspecified atom stereocenters. The van der Waals surface area contributed by atoms with E-state index in [4.69, 9.17) is 16.7 Å². The van der Waals surface area contributed by atoms with Gasteiger partial charge in [0.2, 0.25) is 5.95 Å². The minimum Gasteiger partial charge on any atom is -0.328 e. The Morgan fingerprint density at radius 3 is 2.74 bits per heavy atom. The first-order valence-electron chi connectivity index (χ1n) is 9.55. The van der Waals surface area contributed by atoms with E-state index in [1.807, 2.05) is 48.7 Å². The highest BCUT2D eigenvalue weighted by atomic mass is 35.5. The molecule has 1 amide bonds. The predicted molar refractivity (Wildman–Crippen MR) is 122 cm³/mol. The number of benzene rings is 1. The van der Waals surface area contributed by atoms with Crippen LogP contribution in [0.1, 0.15) is 18.5 Å². The van der Waals surface area contributed by atoms with Crippen LogP contribution in [0.3, 0.4) is 0 Å². The van der Waals surface area contributed by atoms with Crippen molar-refractivity contribution in [2.45, 2.75) is 13.0 Å². The summed E-state index contributed by atoms with van der Waals surface area (Å²) >= 11 is 7.68. The summed E-state index contributed by atoms with van der Waals surface area (Å²) < 4.78 is 1.75. The molecule has 1 aliphatic heterocycles. The van der Waals surface area contributed by atoms with E-state index in [2.05, 4.69) is 20.6 Å². The Hall–Kier alpha value is -3.49. The van der Waals surface area contributed by atoms with E-state index < -0.39 is 6.04 Å². The van der Waals surface area contributed by atoms with Crippen molar-refractivity contribution in [2.24, 2.45) is 0 Å². The van der Waals surface area contributed by atoms with Crippen LogP contribution in [-0.2, 0) is 4.79 Å². The molecule has 0 saturated heterocycles. The number of hydrogen-bond acceptors (Lipinski definition) is 6. The predicted octanol–water partition coefficient (Wildman–Crippen LogP) is 4.98. The van der Waals surface area contributed by atoms with Crippen molar-refractivity contribution in [2.75, 3.05) is 10.6 Å². The number of hydrogen-bond donors (Lipinski definition) is 2. The third-order valence-electron chi connectivity index (χ3n) is 4.94. The number of thiophene rings is 1. The van der Waals surface area contributed by atoms with Gasteiger partial charge in [0.25, 0.3) is 5.91 Å². The second-order valence-electron chi connectivity index (χ2n) is 6.99. The number of carbonyl (C=O) groups excluding carboxylic acids is 1. The van der Waals surface area contributed by atoms with Gasteiger partial charge in [-0.3, -0.25) is 9.78 Å². The normalized spacial score (nSPS) is 15.4. The van der Waals surface area contributed by atoms with E-state index in [-0.39, 0.29) is 5.91 Å². The van der Waals surface area contributed by atoms with Gasteiger partial charge in [-0.1, -0.05) is 29.8 Å².